The molecule has 4 aromatic rings. The lowest BCUT2D eigenvalue weighted by atomic mass is 10.0. The van der Waals surface area contributed by atoms with Gasteiger partial charge in [0.15, 0.2) is 0 Å². The number of ether oxygens (including phenoxy) is 1. The standard InChI is InChI=1S/C24H25N5O3S/c1-4-31-19-7-5-17(6-8-19)24-26-18(14-33-24)13-20(30)27-21(15(2)3)23-28-22(29-32-23)16-9-11-25-12-10-16/h5-12,14-15,21H,4,13H2,1-3H3,(H,27,30). The van der Waals surface area contributed by atoms with Crippen molar-refractivity contribution in [2.45, 2.75) is 33.2 Å². The van der Waals surface area contributed by atoms with Crippen LogP contribution in [0.2, 0.25) is 0 Å². The zero-order valence-electron chi connectivity index (χ0n) is 18.7. The lowest BCUT2D eigenvalue weighted by Gasteiger charge is -2.18. The summed E-state index contributed by atoms with van der Waals surface area (Å²) in [6.07, 6.45) is 3.51. The van der Waals surface area contributed by atoms with Crippen molar-refractivity contribution in [1.29, 1.82) is 0 Å². The minimum Gasteiger partial charge on any atom is -0.494 e. The molecule has 1 amide bonds. The Labute approximate surface area is 196 Å². The van der Waals surface area contributed by atoms with Crippen LogP contribution in [0.25, 0.3) is 22.0 Å². The van der Waals surface area contributed by atoms with Gasteiger partial charge in [-0.3, -0.25) is 9.78 Å². The summed E-state index contributed by atoms with van der Waals surface area (Å²) in [5.74, 6) is 1.58. The van der Waals surface area contributed by atoms with Crippen LogP contribution < -0.4 is 10.1 Å². The molecule has 4 rings (SSSR count). The van der Waals surface area contributed by atoms with Crippen molar-refractivity contribution in [3.05, 3.63) is 65.8 Å². The van der Waals surface area contributed by atoms with E-state index in [1.54, 1.807) is 12.4 Å². The van der Waals surface area contributed by atoms with Gasteiger partial charge in [0.05, 0.1) is 18.7 Å². The molecule has 1 unspecified atom stereocenters. The number of nitrogens with zero attached hydrogens (tertiary/aromatic N) is 4. The molecule has 170 valence electrons. The van der Waals surface area contributed by atoms with Gasteiger partial charge in [-0.25, -0.2) is 4.98 Å². The molecule has 3 heterocycles. The smallest absolute Gasteiger partial charge is 0.249 e. The van der Waals surface area contributed by atoms with Crippen molar-refractivity contribution >= 4 is 17.2 Å². The van der Waals surface area contributed by atoms with E-state index in [4.69, 9.17) is 9.26 Å². The summed E-state index contributed by atoms with van der Waals surface area (Å²) in [5, 5.41) is 9.84. The Morgan fingerprint density at radius 2 is 1.85 bits per heavy atom. The van der Waals surface area contributed by atoms with Crippen LogP contribution in [-0.2, 0) is 11.2 Å². The Morgan fingerprint density at radius 1 is 1.09 bits per heavy atom. The molecule has 0 aliphatic heterocycles. The summed E-state index contributed by atoms with van der Waals surface area (Å²) in [5.41, 5.74) is 2.51. The van der Waals surface area contributed by atoms with Gasteiger partial charge in [-0.2, -0.15) is 4.98 Å². The number of hydrogen-bond donors (Lipinski definition) is 1. The van der Waals surface area contributed by atoms with Gasteiger partial charge >= 0.3 is 0 Å². The minimum absolute atomic E-state index is 0.0644. The number of nitrogens with one attached hydrogen (secondary N) is 1. The second-order valence-electron chi connectivity index (χ2n) is 7.76. The molecule has 9 heteroatoms. The second kappa shape index (κ2) is 10.4. The lowest BCUT2D eigenvalue weighted by Crippen LogP contribution is -2.33. The number of hydrogen-bond acceptors (Lipinski definition) is 8. The van der Waals surface area contributed by atoms with Crippen molar-refractivity contribution in [2.75, 3.05) is 6.61 Å². The highest BCUT2D eigenvalue weighted by Gasteiger charge is 2.25. The van der Waals surface area contributed by atoms with Gasteiger partial charge in [-0.05, 0) is 49.2 Å². The predicted octanol–water partition coefficient (Wildman–Crippen LogP) is 4.71. The van der Waals surface area contributed by atoms with Crippen LogP contribution in [0.3, 0.4) is 0 Å². The first-order valence-electron chi connectivity index (χ1n) is 10.7. The fourth-order valence-electron chi connectivity index (χ4n) is 3.26. The van der Waals surface area contributed by atoms with Gasteiger partial charge in [0, 0.05) is 28.9 Å². The monoisotopic (exact) mass is 463 g/mol. The van der Waals surface area contributed by atoms with Crippen molar-refractivity contribution in [2.24, 2.45) is 5.92 Å². The second-order valence-corrected chi connectivity index (χ2v) is 8.62. The molecule has 0 bridgehead atoms. The highest BCUT2D eigenvalue weighted by molar-refractivity contribution is 7.13. The third-order valence-electron chi connectivity index (χ3n) is 4.94. The molecule has 0 aliphatic rings. The van der Waals surface area contributed by atoms with Crippen molar-refractivity contribution in [3.63, 3.8) is 0 Å². The maximum atomic E-state index is 12.8. The first-order chi connectivity index (χ1) is 16.0. The molecule has 33 heavy (non-hydrogen) atoms. The third-order valence-corrected chi connectivity index (χ3v) is 5.88. The maximum absolute atomic E-state index is 12.8. The Balaban J connectivity index is 1.41. The Bertz CT molecular complexity index is 1190. The van der Waals surface area contributed by atoms with Gasteiger partial charge < -0.3 is 14.6 Å². The van der Waals surface area contributed by atoms with Crippen LogP contribution >= 0.6 is 11.3 Å². The lowest BCUT2D eigenvalue weighted by molar-refractivity contribution is -0.121. The van der Waals surface area contributed by atoms with Crippen LogP contribution in [0, 0.1) is 5.92 Å². The Morgan fingerprint density at radius 3 is 2.55 bits per heavy atom. The molecule has 0 saturated carbocycles. The maximum Gasteiger partial charge on any atom is 0.249 e. The fraction of sp³-hybridized carbons (Fsp3) is 0.292. The van der Waals surface area contributed by atoms with E-state index < -0.39 is 6.04 Å². The number of aromatic nitrogens is 4. The number of thiazole rings is 1. The fourth-order valence-corrected chi connectivity index (χ4v) is 4.09. The van der Waals surface area contributed by atoms with E-state index in [1.165, 1.54) is 11.3 Å². The van der Waals surface area contributed by atoms with Gasteiger partial charge in [0.2, 0.25) is 17.6 Å². The van der Waals surface area contributed by atoms with E-state index in [9.17, 15) is 4.79 Å². The van der Waals surface area contributed by atoms with E-state index in [1.807, 2.05) is 62.5 Å². The molecule has 0 saturated heterocycles. The van der Waals surface area contributed by atoms with Gasteiger partial charge in [0.25, 0.3) is 0 Å². The largest absolute Gasteiger partial charge is 0.494 e. The van der Waals surface area contributed by atoms with Crippen LogP contribution in [0.4, 0.5) is 0 Å². The Kier molecular flexibility index (Phi) is 7.09. The SMILES string of the molecule is CCOc1ccc(-c2nc(CC(=O)NC(c3nc(-c4ccncc4)no3)C(C)C)cs2)cc1. The molecule has 8 nitrogen and oxygen atoms in total. The molecule has 0 aliphatic carbocycles. The quantitative estimate of drug-likeness (QED) is 0.383. The van der Waals surface area contributed by atoms with E-state index >= 15 is 0 Å². The molecule has 0 radical (unpaired) electrons. The van der Waals surface area contributed by atoms with Gasteiger partial charge in [0.1, 0.15) is 16.8 Å². The van der Waals surface area contributed by atoms with E-state index in [0.717, 1.165) is 21.9 Å². The van der Waals surface area contributed by atoms with Gasteiger partial charge in [-0.1, -0.05) is 19.0 Å². The van der Waals surface area contributed by atoms with E-state index in [0.29, 0.717) is 24.0 Å². The summed E-state index contributed by atoms with van der Waals surface area (Å²) >= 11 is 1.51. The average Bonchev–Trinajstić information content (AvgIpc) is 3.49. The van der Waals surface area contributed by atoms with E-state index in [2.05, 4.69) is 25.4 Å². The molecule has 0 fully saturated rings. The average molecular weight is 464 g/mol. The Hall–Kier alpha value is -3.59. The summed E-state index contributed by atoms with van der Waals surface area (Å²) in [4.78, 5) is 25.9. The molecule has 1 N–H and O–H groups in total. The van der Waals surface area contributed by atoms with Crippen LogP contribution in [0.5, 0.6) is 5.75 Å². The zero-order valence-corrected chi connectivity index (χ0v) is 19.5. The zero-order chi connectivity index (χ0) is 23.2. The topological polar surface area (TPSA) is 103 Å². The molecule has 3 aromatic heterocycles. The number of pyridine rings is 1. The normalized spacial score (nSPS) is 12.0. The third kappa shape index (κ3) is 5.61. The van der Waals surface area contributed by atoms with Crippen LogP contribution in [0.15, 0.2) is 58.7 Å². The van der Waals surface area contributed by atoms with Crippen LogP contribution in [-0.4, -0.2) is 32.6 Å². The molecule has 1 aromatic carbocycles. The molecule has 1 atom stereocenters. The number of amides is 1. The predicted molar refractivity (Wildman–Crippen MR) is 126 cm³/mol. The first-order valence-corrected chi connectivity index (χ1v) is 11.6. The molecular formula is C24H25N5O3S. The molecular weight excluding hydrogens is 438 g/mol. The van der Waals surface area contributed by atoms with Crippen molar-refractivity contribution < 1.29 is 14.1 Å². The summed E-state index contributed by atoms with van der Waals surface area (Å²) in [7, 11) is 0. The van der Waals surface area contributed by atoms with Gasteiger partial charge in [-0.15, -0.1) is 11.3 Å². The number of carbonyl (C=O) groups is 1. The van der Waals surface area contributed by atoms with Crippen molar-refractivity contribution in [3.8, 4) is 27.7 Å². The van der Waals surface area contributed by atoms with Crippen molar-refractivity contribution in [1.82, 2.24) is 25.4 Å². The highest BCUT2D eigenvalue weighted by Crippen LogP contribution is 2.27. The summed E-state index contributed by atoms with van der Waals surface area (Å²) < 4.78 is 10.9. The van der Waals surface area contributed by atoms with Crippen LogP contribution in [0.1, 0.15) is 38.4 Å². The van der Waals surface area contributed by atoms with E-state index in [-0.39, 0.29) is 18.2 Å². The minimum atomic E-state index is -0.398. The molecule has 0 spiro atoms. The summed E-state index contributed by atoms with van der Waals surface area (Å²) in [6, 6.07) is 11.0. The first kappa shape index (κ1) is 22.6. The number of rotatable bonds is 9. The number of benzene rings is 1. The highest BCUT2D eigenvalue weighted by atomic mass is 32.1. The summed E-state index contributed by atoms with van der Waals surface area (Å²) in [6.45, 7) is 6.57. The number of carbonyl (C=O) groups excluding carboxylic acids is 1.